The van der Waals surface area contributed by atoms with Crippen molar-refractivity contribution in [2.45, 2.75) is 65.5 Å². The summed E-state index contributed by atoms with van der Waals surface area (Å²) in [4.78, 5) is 14.3. The molecule has 1 aliphatic rings. The highest BCUT2D eigenvalue weighted by atomic mass is 16.2. The van der Waals surface area contributed by atoms with Crippen LogP contribution in [0.4, 0.5) is 0 Å². The second-order valence-electron chi connectivity index (χ2n) is 5.84. The molecular formula is C14H28N2O. The van der Waals surface area contributed by atoms with Crippen molar-refractivity contribution in [1.29, 1.82) is 0 Å². The molecule has 0 bridgehead atoms. The summed E-state index contributed by atoms with van der Waals surface area (Å²) in [5.74, 6) is 1.43. The lowest BCUT2D eigenvalue weighted by atomic mass is 9.89. The summed E-state index contributed by atoms with van der Waals surface area (Å²) >= 11 is 0. The van der Waals surface area contributed by atoms with Gasteiger partial charge in [0, 0.05) is 25.0 Å². The standard InChI is InChI=1S/C14H28N2O/c1-5-12(10(2)3)9-14(17)16-7-6-13(15)8-11(16)4/h10-13H,5-9,15H2,1-4H3. The summed E-state index contributed by atoms with van der Waals surface area (Å²) in [6.07, 6.45) is 3.69. The van der Waals surface area contributed by atoms with E-state index in [2.05, 4.69) is 27.7 Å². The first-order valence-corrected chi connectivity index (χ1v) is 7.00. The lowest BCUT2D eigenvalue weighted by Gasteiger charge is -2.37. The number of hydrogen-bond donors (Lipinski definition) is 1. The van der Waals surface area contributed by atoms with Crippen molar-refractivity contribution in [2.75, 3.05) is 6.54 Å². The van der Waals surface area contributed by atoms with Crippen LogP contribution in [0.15, 0.2) is 0 Å². The second-order valence-corrected chi connectivity index (χ2v) is 5.84. The Bertz CT molecular complexity index is 253. The summed E-state index contributed by atoms with van der Waals surface area (Å²) < 4.78 is 0. The number of nitrogens with zero attached hydrogens (tertiary/aromatic N) is 1. The molecule has 1 rings (SSSR count). The van der Waals surface area contributed by atoms with Crippen molar-refractivity contribution in [3.63, 3.8) is 0 Å². The van der Waals surface area contributed by atoms with Crippen LogP contribution in [0.25, 0.3) is 0 Å². The molecule has 0 aromatic carbocycles. The topological polar surface area (TPSA) is 46.3 Å². The van der Waals surface area contributed by atoms with E-state index in [1.54, 1.807) is 0 Å². The SMILES string of the molecule is CCC(CC(=O)N1CCC(N)CC1C)C(C)C. The van der Waals surface area contributed by atoms with Gasteiger partial charge >= 0.3 is 0 Å². The number of nitrogens with two attached hydrogens (primary N) is 1. The number of rotatable bonds is 4. The van der Waals surface area contributed by atoms with E-state index < -0.39 is 0 Å². The van der Waals surface area contributed by atoms with Crippen molar-refractivity contribution in [1.82, 2.24) is 4.90 Å². The summed E-state index contributed by atoms with van der Waals surface area (Å²) in [5, 5.41) is 0. The zero-order valence-electron chi connectivity index (χ0n) is 11.8. The van der Waals surface area contributed by atoms with Gasteiger partial charge < -0.3 is 10.6 Å². The van der Waals surface area contributed by atoms with Gasteiger partial charge in [0.15, 0.2) is 0 Å². The molecule has 0 saturated carbocycles. The molecule has 3 atom stereocenters. The van der Waals surface area contributed by atoms with Crippen LogP contribution in [-0.2, 0) is 4.79 Å². The molecule has 0 aliphatic carbocycles. The molecule has 2 N–H and O–H groups in total. The quantitative estimate of drug-likeness (QED) is 0.820. The maximum Gasteiger partial charge on any atom is 0.223 e. The number of hydrogen-bond acceptors (Lipinski definition) is 2. The normalized spacial score (nSPS) is 27.3. The fraction of sp³-hybridized carbons (Fsp3) is 0.929. The van der Waals surface area contributed by atoms with Crippen LogP contribution in [0.3, 0.4) is 0 Å². The predicted octanol–water partition coefficient (Wildman–Crippen LogP) is 2.40. The van der Waals surface area contributed by atoms with Gasteiger partial charge in [-0.3, -0.25) is 4.79 Å². The average Bonchev–Trinajstić information content (AvgIpc) is 2.24. The first-order valence-electron chi connectivity index (χ1n) is 7.00. The van der Waals surface area contributed by atoms with E-state index in [1.807, 2.05) is 4.90 Å². The largest absolute Gasteiger partial charge is 0.340 e. The molecule has 1 amide bonds. The second kappa shape index (κ2) is 6.39. The monoisotopic (exact) mass is 240 g/mol. The van der Waals surface area contributed by atoms with Gasteiger partial charge in [-0.2, -0.15) is 0 Å². The lowest BCUT2D eigenvalue weighted by Crippen LogP contribution is -2.48. The molecule has 0 aromatic rings. The Morgan fingerprint density at radius 1 is 1.47 bits per heavy atom. The van der Waals surface area contributed by atoms with Crippen LogP contribution in [-0.4, -0.2) is 29.4 Å². The summed E-state index contributed by atoms with van der Waals surface area (Å²) in [6.45, 7) is 9.55. The van der Waals surface area contributed by atoms with E-state index in [0.717, 1.165) is 25.8 Å². The third-order valence-corrected chi connectivity index (χ3v) is 4.14. The molecule has 3 unspecified atom stereocenters. The Morgan fingerprint density at radius 2 is 2.12 bits per heavy atom. The van der Waals surface area contributed by atoms with Gasteiger partial charge in [-0.25, -0.2) is 0 Å². The molecule has 1 saturated heterocycles. The highest BCUT2D eigenvalue weighted by Gasteiger charge is 2.28. The van der Waals surface area contributed by atoms with E-state index in [1.165, 1.54) is 0 Å². The Balaban J connectivity index is 2.52. The van der Waals surface area contributed by atoms with Crippen molar-refractivity contribution < 1.29 is 4.79 Å². The van der Waals surface area contributed by atoms with Gasteiger partial charge in [0.05, 0.1) is 0 Å². The molecule has 0 aromatic heterocycles. The number of amides is 1. The molecule has 0 radical (unpaired) electrons. The molecule has 3 heteroatoms. The van der Waals surface area contributed by atoms with Gasteiger partial charge in [0.2, 0.25) is 5.91 Å². The molecule has 17 heavy (non-hydrogen) atoms. The molecule has 100 valence electrons. The maximum atomic E-state index is 12.3. The highest BCUT2D eigenvalue weighted by Crippen LogP contribution is 2.23. The summed E-state index contributed by atoms with van der Waals surface area (Å²) in [6, 6.07) is 0.594. The van der Waals surface area contributed by atoms with Crippen molar-refractivity contribution >= 4 is 5.91 Å². The van der Waals surface area contributed by atoms with Gasteiger partial charge in [0.1, 0.15) is 0 Å². The molecule has 3 nitrogen and oxygen atoms in total. The smallest absolute Gasteiger partial charge is 0.223 e. The lowest BCUT2D eigenvalue weighted by molar-refractivity contribution is -0.136. The van der Waals surface area contributed by atoms with E-state index >= 15 is 0 Å². The first kappa shape index (κ1) is 14.5. The summed E-state index contributed by atoms with van der Waals surface area (Å²) in [7, 11) is 0. The van der Waals surface area contributed by atoms with Crippen LogP contribution in [0, 0.1) is 11.8 Å². The van der Waals surface area contributed by atoms with Gasteiger partial charge in [-0.15, -0.1) is 0 Å². The highest BCUT2D eigenvalue weighted by molar-refractivity contribution is 5.76. The number of carbonyl (C=O) groups excluding carboxylic acids is 1. The minimum Gasteiger partial charge on any atom is -0.340 e. The van der Waals surface area contributed by atoms with E-state index in [4.69, 9.17) is 5.73 Å². The third-order valence-electron chi connectivity index (χ3n) is 4.14. The van der Waals surface area contributed by atoms with Crippen LogP contribution < -0.4 is 5.73 Å². The Kier molecular flexibility index (Phi) is 5.44. The molecular weight excluding hydrogens is 212 g/mol. The summed E-state index contributed by atoms with van der Waals surface area (Å²) in [5.41, 5.74) is 5.93. The minimum atomic E-state index is 0.279. The van der Waals surface area contributed by atoms with Crippen molar-refractivity contribution in [2.24, 2.45) is 17.6 Å². The molecule has 1 aliphatic heterocycles. The van der Waals surface area contributed by atoms with E-state index in [-0.39, 0.29) is 6.04 Å². The van der Waals surface area contributed by atoms with Gasteiger partial charge in [-0.1, -0.05) is 27.2 Å². The van der Waals surface area contributed by atoms with Crippen LogP contribution in [0.5, 0.6) is 0 Å². The Morgan fingerprint density at radius 3 is 2.59 bits per heavy atom. The maximum absolute atomic E-state index is 12.3. The zero-order chi connectivity index (χ0) is 13.0. The molecule has 1 fully saturated rings. The third kappa shape index (κ3) is 3.98. The fourth-order valence-corrected chi connectivity index (χ4v) is 2.77. The minimum absolute atomic E-state index is 0.279. The van der Waals surface area contributed by atoms with Gasteiger partial charge in [0.25, 0.3) is 0 Å². The van der Waals surface area contributed by atoms with Crippen LogP contribution >= 0.6 is 0 Å². The van der Waals surface area contributed by atoms with Crippen LogP contribution in [0.2, 0.25) is 0 Å². The van der Waals surface area contributed by atoms with Crippen LogP contribution in [0.1, 0.15) is 53.4 Å². The number of carbonyl (C=O) groups is 1. The zero-order valence-corrected chi connectivity index (χ0v) is 11.8. The van der Waals surface area contributed by atoms with Gasteiger partial charge in [-0.05, 0) is 31.6 Å². The van der Waals surface area contributed by atoms with Crippen molar-refractivity contribution in [3.05, 3.63) is 0 Å². The fourth-order valence-electron chi connectivity index (χ4n) is 2.77. The van der Waals surface area contributed by atoms with Crippen molar-refractivity contribution in [3.8, 4) is 0 Å². The average molecular weight is 240 g/mol. The van der Waals surface area contributed by atoms with E-state index in [0.29, 0.717) is 30.2 Å². The van der Waals surface area contributed by atoms with E-state index in [9.17, 15) is 4.79 Å². The Hall–Kier alpha value is -0.570. The Labute approximate surface area is 106 Å². The first-order chi connectivity index (χ1) is 7.95. The number of likely N-dealkylation sites (tertiary alicyclic amines) is 1. The predicted molar refractivity (Wildman–Crippen MR) is 71.6 cm³/mol. The molecule has 0 spiro atoms. The number of piperidine rings is 1. The molecule has 1 heterocycles.